The van der Waals surface area contributed by atoms with Crippen LogP contribution in [0.15, 0.2) is 22.6 Å². The molecule has 4 nitrogen and oxygen atoms in total. The van der Waals surface area contributed by atoms with Gasteiger partial charge in [-0.15, -0.1) is 0 Å². The van der Waals surface area contributed by atoms with Gasteiger partial charge in [0.15, 0.2) is 0 Å². The molecule has 6 heteroatoms. The molecule has 1 aliphatic rings. The van der Waals surface area contributed by atoms with Gasteiger partial charge in [-0.1, -0.05) is 0 Å². The van der Waals surface area contributed by atoms with Gasteiger partial charge in [0.2, 0.25) is 5.89 Å². The fourth-order valence-electron chi connectivity index (χ4n) is 2.94. The Morgan fingerprint density at radius 1 is 1.30 bits per heavy atom. The van der Waals surface area contributed by atoms with E-state index in [0.717, 1.165) is 37.7 Å². The lowest BCUT2D eigenvalue weighted by molar-refractivity contribution is 0.0280. The van der Waals surface area contributed by atoms with Crippen LogP contribution in [0, 0.1) is 18.6 Å². The highest BCUT2D eigenvalue weighted by molar-refractivity contribution is 5.53. The molecule has 0 N–H and O–H groups in total. The van der Waals surface area contributed by atoms with Crippen molar-refractivity contribution in [3.05, 3.63) is 41.3 Å². The molecule has 1 aromatic carbocycles. The van der Waals surface area contributed by atoms with Crippen LogP contribution in [0.2, 0.25) is 0 Å². The summed E-state index contributed by atoms with van der Waals surface area (Å²) in [6.07, 6.45) is 2.39. The minimum Gasteiger partial charge on any atom is -0.441 e. The maximum Gasteiger partial charge on any atom is 0.226 e. The SMILES string of the molecule is COC1CCCN(Cc2nc(-c3cc(F)cc(F)c3)oc2C)C1. The number of hydrogen-bond acceptors (Lipinski definition) is 4. The van der Waals surface area contributed by atoms with Crippen molar-refractivity contribution in [2.75, 3.05) is 20.2 Å². The number of ether oxygens (including phenoxy) is 1. The summed E-state index contributed by atoms with van der Waals surface area (Å²) in [7, 11) is 1.73. The molecule has 1 aromatic heterocycles. The second kappa shape index (κ2) is 6.76. The molecule has 1 saturated heterocycles. The molecule has 1 aliphatic heterocycles. The van der Waals surface area contributed by atoms with Crippen molar-refractivity contribution in [3.8, 4) is 11.5 Å². The van der Waals surface area contributed by atoms with Crippen LogP contribution < -0.4 is 0 Å². The first-order valence-corrected chi connectivity index (χ1v) is 7.73. The van der Waals surface area contributed by atoms with E-state index in [0.29, 0.717) is 17.9 Å². The normalized spacial score (nSPS) is 19.2. The molecular weight excluding hydrogens is 302 g/mol. The Morgan fingerprint density at radius 2 is 2.04 bits per heavy atom. The second-order valence-electron chi connectivity index (χ2n) is 5.92. The van der Waals surface area contributed by atoms with E-state index in [1.807, 2.05) is 6.92 Å². The van der Waals surface area contributed by atoms with Gasteiger partial charge in [0, 0.05) is 31.8 Å². The molecule has 1 fully saturated rings. The van der Waals surface area contributed by atoms with E-state index in [1.54, 1.807) is 7.11 Å². The number of benzene rings is 1. The third-order valence-corrected chi connectivity index (χ3v) is 4.17. The van der Waals surface area contributed by atoms with Crippen molar-refractivity contribution in [1.82, 2.24) is 9.88 Å². The Hall–Kier alpha value is -1.79. The van der Waals surface area contributed by atoms with Crippen LogP contribution in [-0.2, 0) is 11.3 Å². The number of halogens is 2. The van der Waals surface area contributed by atoms with E-state index in [-0.39, 0.29) is 12.0 Å². The summed E-state index contributed by atoms with van der Waals surface area (Å²) in [5.41, 5.74) is 1.10. The van der Waals surface area contributed by atoms with Crippen LogP contribution >= 0.6 is 0 Å². The number of oxazole rings is 1. The topological polar surface area (TPSA) is 38.5 Å². The molecule has 3 rings (SSSR count). The van der Waals surface area contributed by atoms with Gasteiger partial charge in [-0.2, -0.15) is 0 Å². The van der Waals surface area contributed by atoms with E-state index < -0.39 is 11.6 Å². The van der Waals surface area contributed by atoms with Crippen molar-refractivity contribution < 1.29 is 17.9 Å². The highest BCUT2D eigenvalue weighted by Crippen LogP contribution is 2.25. The van der Waals surface area contributed by atoms with Gasteiger partial charge >= 0.3 is 0 Å². The Kier molecular flexibility index (Phi) is 4.73. The lowest BCUT2D eigenvalue weighted by Gasteiger charge is -2.31. The van der Waals surface area contributed by atoms with Crippen molar-refractivity contribution in [3.63, 3.8) is 0 Å². The Morgan fingerprint density at radius 3 is 2.74 bits per heavy atom. The molecule has 0 saturated carbocycles. The molecule has 124 valence electrons. The number of aromatic nitrogens is 1. The third-order valence-electron chi connectivity index (χ3n) is 4.17. The van der Waals surface area contributed by atoms with E-state index in [2.05, 4.69) is 9.88 Å². The Labute approximate surface area is 134 Å². The fraction of sp³-hybridized carbons (Fsp3) is 0.471. The molecule has 2 aromatic rings. The van der Waals surface area contributed by atoms with E-state index >= 15 is 0 Å². The van der Waals surface area contributed by atoms with Crippen LogP contribution in [0.4, 0.5) is 8.78 Å². The summed E-state index contributed by atoms with van der Waals surface area (Å²) in [6, 6.07) is 3.28. The number of piperidine rings is 1. The summed E-state index contributed by atoms with van der Waals surface area (Å²) >= 11 is 0. The van der Waals surface area contributed by atoms with Gasteiger partial charge in [-0.25, -0.2) is 13.8 Å². The van der Waals surface area contributed by atoms with Crippen LogP contribution in [0.5, 0.6) is 0 Å². The van der Waals surface area contributed by atoms with Gasteiger partial charge in [0.25, 0.3) is 0 Å². The number of likely N-dealkylation sites (tertiary alicyclic amines) is 1. The molecular formula is C17H20F2N2O2. The summed E-state index contributed by atoms with van der Waals surface area (Å²) in [5.74, 6) is -0.367. The molecule has 0 bridgehead atoms. The van der Waals surface area contributed by atoms with Gasteiger partial charge < -0.3 is 9.15 Å². The fourth-order valence-corrected chi connectivity index (χ4v) is 2.94. The average Bonchev–Trinajstić information content (AvgIpc) is 2.88. The maximum atomic E-state index is 13.3. The predicted molar refractivity (Wildman–Crippen MR) is 81.9 cm³/mol. The third kappa shape index (κ3) is 3.76. The zero-order chi connectivity index (χ0) is 16.4. The Balaban J connectivity index is 1.78. The van der Waals surface area contributed by atoms with Crippen LogP contribution in [-0.4, -0.2) is 36.2 Å². The predicted octanol–water partition coefficient (Wildman–Crippen LogP) is 3.54. The first-order valence-electron chi connectivity index (χ1n) is 7.73. The summed E-state index contributed by atoms with van der Waals surface area (Å²) in [6.45, 7) is 4.30. The summed E-state index contributed by atoms with van der Waals surface area (Å²) in [5, 5.41) is 0. The van der Waals surface area contributed by atoms with E-state index in [1.165, 1.54) is 12.1 Å². The number of aryl methyl sites for hydroxylation is 1. The van der Waals surface area contributed by atoms with Crippen LogP contribution in [0.3, 0.4) is 0 Å². The molecule has 0 amide bonds. The summed E-state index contributed by atoms with van der Waals surface area (Å²) in [4.78, 5) is 6.69. The Bertz CT molecular complexity index is 667. The standard InChI is InChI=1S/C17H20F2N2O2/c1-11-16(10-21-5-3-4-15(9-21)22-2)20-17(23-11)12-6-13(18)8-14(19)7-12/h6-8,15H,3-5,9-10H2,1-2H3. The number of rotatable bonds is 4. The number of nitrogens with zero attached hydrogens (tertiary/aromatic N) is 2. The van der Waals surface area contributed by atoms with Gasteiger partial charge in [0.1, 0.15) is 17.4 Å². The minimum atomic E-state index is -0.642. The van der Waals surface area contributed by atoms with E-state index in [4.69, 9.17) is 9.15 Å². The lowest BCUT2D eigenvalue weighted by Crippen LogP contribution is -2.38. The van der Waals surface area contributed by atoms with Gasteiger partial charge in [0.05, 0.1) is 11.8 Å². The molecule has 1 unspecified atom stereocenters. The van der Waals surface area contributed by atoms with Crippen LogP contribution in [0.1, 0.15) is 24.3 Å². The number of hydrogen-bond donors (Lipinski definition) is 0. The molecule has 0 spiro atoms. The highest BCUT2D eigenvalue weighted by atomic mass is 19.1. The van der Waals surface area contributed by atoms with Gasteiger partial charge in [-0.05, 0) is 38.4 Å². The quantitative estimate of drug-likeness (QED) is 0.863. The zero-order valence-electron chi connectivity index (χ0n) is 13.3. The van der Waals surface area contributed by atoms with Crippen molar-refractivity contribution in [2.45, 2.75) is 32.4 Å². The first kappa shape index (κ1) is 16.1. The highest BCUT2D eigenvalue weighted by Gasteiger charge is 2.22. The first-order chi connectivity index (χ1) is 11.0. The monoisotopic (exact) mass is 322 g/mol. The molecule has 1 atom stereocenters. The van der Waals surface area contributed by atoms with Crippen LogP contribution in [0.25, 0.3) is 11.5 Å². The largest absolute Gasteiger partial charge is 0.441 e. The second-order valence-corrected chi connectivity index (χ2v) is 5.92. The van der Waals surface area contributed by atoms with Crippen molar-refractivity contribution in [1.29, 1.82) is 0 Å². The zero-order valence-corrected chi connectivity index (χ0v) is 13.3. The number of methoxy groups -OCH3 is 1. The molecule has 23 heavy (non-hydrogen) atoms. The smallest absolute Gasteiger partial charge is 0.226 e. The van der Waals surface area contributed by atoms with Gasteiger partial charge in [-0.3, -0.25) is 4.90 Å². The molecule has 0 radical (unpaired) electrons. The summed E-state index contributed by atoms with van der Waals surface area (Å²) < 4.78 is 37.7. The van der Waals surface area contributed by atoms with Crippen molar-refractivity contribution in [2.24, 2.45) is 0 Å². The molecule has 0 aliphatic carbocycles. The van der Waals surface area contributed by atoms with E-state index in [9.17, 15) is 8.78 Å². The van der Waals surface area contributed by atoms with Crippen molar-refractivity contribution >= 4 is 0 Å². The maximum absolute atomic E-state index is 13.3. The lowest BCUT2D eigenvalue weighted by atomic mass is 10.1. The minimum absolute atomic E-state index is 0.243. The average molecular weight is 322 g/mol. The molecule has 2 heterocycles.